The molecule has 3 aromatic carbocycles. The summed E-state index contributed by atoms with van der Waals surface area (Å²) in [5.74, 6) is -0.382. The Bertz CT molecular complexity index is 1190. The zero-order chi connectivity index (χ0) is 22.4. The molecule has 0 aliphatic carbocycles. The predicted molar refractivity (Wildman–Crippen MR) is 126 cm³/mol. The quantitative estimate of drug-likeness (QED) is 0.275. The van der Waals surface area contributed by atoms with E-state index in [1.165, 1.54) is 18.2 Å². The number of aryl methyl sites for hydroxylation is 1. The standard InChI is InChI=1S/C24H17Br2FN2O2/c1-15-3-2-4-21(9-15)29-24(30)18(13-28)10-17-11-19(25)12-22(26)23(17)31-14-16-5-7-20(27)8-6-16/h2-12H,14H2,1H3,(H,29,30)/b18-10+. The number of carbonyl (C=O) groups excluding carboxylic acids is 1. The minimum atomic E-state index is -0.520. The van der Waals surface area contributed by atoms with Crippen LogP contribution in [-0.4, -0.2) is 5.91 Å². The first-order chi connectivity index (χ1) is 14.9. The second kappa shape index (κ2) is 10.4. The van der Waals surface area contributed by atoms with E-state index < -0.39 is 5.91 Å². The van der Waals surface area contributed by atoms with E-state index in [2.05, 4.69) is 37.2 Å². The third-order valence-corrected chi connectivity index (χ3v) is 5.32. The van der Waals surface area contributed by atoms with E-state index in [9.17, 15) is 14.4 Å². The number of rotatable bonds is 6. The molecular formula is C24H17Br2FN2O2. The van der Waals surface area contributed by atoms with Gasteiger partial charge in [-0.3, -0.25) is 4.79 Å². The third kappa shape index (κ3) is 6.27. The van der Waals surface area contributed by atoms with Gasteiger partial charge in [0.05, 0.1) is 4.47 Å². The van der Waals surface area contributed by atoms with Crippen LogP contribution in [0.3, 0.4) is 0 Å². The maximum Gasteiger partial charge on any atom is 0.266 e. The van der Waals surface area contributed by atoms with Crippen molar-refractivity contribution in [3.63, 3.8) is 0 Å². The molecular weight excluding hydrogens is 527 g/mol. The van der Waals surface area contributed by atoms with Crippen molar-refractivity contribution in [2.24, 2.45) is 0 Å². The molecule has 0 spiro atoms. The highest BCUT2D eigenvalue weighted by Crippen LogP contribution is 2.35. The van der Waals surface area contributed by atoms with Crippen LogP contribution in [-0.2, 0) is 11.4 Å². The largest absolute Gasteiger partial charge is 0.487 e. The Labute approximate surface area is 196 Å². The van der Waals surface area contributed by atoms with Crippen molar-refractivity contribution in [1.29, 1.82) is 5.26 Å². The second-order valence-electron chi connectivity index (χ2n) is 6.71. The van der Waals surface area contributed by atoms with Gasteiger partial charge < -0.3 is 10.1 Å². The Balaban J connectivity index is 1.88. The van der Waals surface area contributed by atoms with E-state index in [-0.39, 0.29) is 18.0 Å². The van der Waals surface area contributed by atoms with Gasteiger partial charge in [0.15, 0.2) is 0 Å². The summed E-state index contributed by atoms with van der Waals surface area (Å²) in [6.07, 6.45) is 1.47. The molecule has 0 fully saturated rings. The van der Waals surface area contributed by atoms with Gasteiger partial charge in [-0.1, -0.05) is 40.2 Å². The van der Waals surface area contributed by atoms with Crippen molar-refractivity contribution in [3.05, 3.63) is 97.7 Å². The smallest absolute Gasteiger partial charge is 0.266 e. The molecule has 0 heterocycles. The van der Waals surface area contributed by atoms with Crippen LogP contribution in [0.1, 0.15) is 16.7 Å². The van der Waals surface area contributed by atoms with Crippen LogP contribution < -0.4 is 10.1 Å². The number of nitriles is 1. The number of hydrogen-bond donors (Lipinski definition) is 1. The fourth-order valence-electron chi connectivity index (χ4n) is 2.80. The summed E-state index contributed by atoms with van der Waals surface area (Å²) in [7, 11) is 0. The van der Waals surface area contributed by atoms with Gasteiger partial charge in [-0.05, 0) is 76.5 Å². The molecule has 0 radical (unpaired) electrons. The number of hydrogen-bond acceptors (Lipinski definition) is 3. The first-order valence-corrected chi connectivity index (χ1v) is 10.8. The molecule has 4 nitrogen and oxygen atoms in total. The summed E-state index contributed by atoms with van der Waals surface area (Å²) in [5.41, 5.74) is 2.85. The summed E-state index contributed by atoms with van der Waals surface area (Å²) < 4.78 is 20.5. The molecule has 1 amide bonds. The van der Waals surface area contributed by atoms with Gasteiger partial charge in [0.2, 0.25) is 0 Å². The molecule has 156 valence electrons. The van der Waals surface area contributed by atoms with Crippen LogP contribution in [0, 0.1) is 24.1 Å². The molecule has 0 bridgehead atoms. The molecule has 0 aliphatic heterocycles. The Morgan fingerprint density at radius 1 is 1.16 bits per heavy atom. The first kappa shape index (κ1) is 22.7. The molecule has 31 heavy (non-hydrogen) atoms. The topological polar surface area (TPSA) is 62.1 Å². The number of nitrogens with one attached hydrogen (secondary N) is 1. The van der Waals surface area contributed by atoms with Gasteiger partial charge in [-0.2, -0.15) is 5.26 Å². The summed E-state index contributed by atoms with van der Waals surface area (Å²) >= 11 is 6.89. The molecule has 0 aromatic heterocycles. The fraction of sp³-hybridized carbons (Fsp3) is 0.0833. The Kier molecular flexibility index (Phi) is 7.61. The molecule has 0 unspecified atom stereocenters. The lowest BCUT2D eigenvalue weighted by molar-refractivity contribution is -0.112. The number of amides is 1. The molecule has 7 heteroatoms. The second-order valence-corrected chi connectivity index (χ2v) is 8.48. The summed E-state index contributed by atoms with van der Waals surface area (Å²) in [4.78, 5) is 12.7. The van der Waals surface area contributed by atoms with Gasteiger partial charge in [0.25, 0.3) is 5.91 Å². The number of nitrogens with zero attached hydrogens (tertiary/aromatic N) is 1. The summed E-state index contributed by atoms with van der Waals surface area (Å²) in [6.45, 7) is 2.11. The molecule has 3 rings (SSSR count). The molecule has 0 saturated heterocycles. The monoisotopic (exact) mass is 542 g/mol. The van der Waals surface area contributed by atoms with Crippen molar-refractivity contribution in [1.82, 2.24) is 0 Å². The number of benzene rings is 3. The Morgan fingerprint density at radius 2 is 1.90 bits per heavy atom. The van der Waals surface area contributed by atoms with Crippen molar-refractivity contribution in [2.45, 2.75) is 13.5 Å². The number of halogens is 3. The van der Waals surface area contributed by atoms with Gasteiger partial charge in [0.1, 0.15) is 29.8 Å². The van der Waals surface area contributed by atoms with E-state index in [0.717, 1.165) is 15.6 Å². The molecule has 1 N–H and O–H groups in total. The highest BCUT2D eigenvalue weighted by molar-refractivity contribution is 9.11. The first-order valence-electron chi connectivity index (χ1n) is 9.22. The lowest BCUT2D eigenvalue weighted by Crippen LogP contribution is -2.13. The van der Waals surface area contributed by atoms with Crippen molar-refractivity contribution >= 4 is 49.5 Å². The minimum absolute atomic E-state index is 0.0712. The molecule has 0 saturated carbocycles. The van der Waals surface area contributed by atoms with E-state index in [4.69, 9.17) is 4.74 Å². The SMILES string of the molecule is Cc1cccc(NC(=O)/C(C#N)=C/c2cc(Br)cc(Br)c2OCc2ccc(F)cc2)c1. The number of ether oxygens (including phenoxy) is 1. The van der Waals surface area contributed by atoms with Crippen LogP contribution in [0.25, 0.3) is 6.08 Å². The zero-order valence-corrected chi connectivity index (χ0v) is 19.6. The van der Waals surface area contributed by atoms with Crippen LogP contribution in [0.15, 0.2) is 75.2 Å². The molecule has 3 aromatic rings. The summed E-state index contributed by atoms with van der Waals surface area (Å²) in [6, 6.07) is 18.8. The average molecular weight is 544 g/mol. The van der Waals surface area contributed by atoms with Crippen molar-refractivity contribution < 1.29 is 13.9 Å². The van der Waals surface area contributed by atoms with Gasteiger partial charge in [0, 0.05) is 15.7 Å². The Morgan fingerprint density at radius 3 is 2.58 bits per heavy atom. The third-order valence-electron chi connectivity index (χ3n) is 4.27. The minimum Gasteiger partial charge on any atom is -0.487 e. The zero-order valence-electron chi connectivity index (χ0n) is 16.5. The number of carbonyl (C=O) groups is 1. The van der Waals surface area contributed by atoms with Crippen LogP contribution >= 0.6 is 31.9 Å². The van der Waals surface area contributed by atoms with Crippen molar-refractivity contribution in [3.8, 4) is 11.8 Å². The van der Waals surface area contributed by atoms with E-state index in [1.54, 1.807) is 30.3 Å². The fourth-order valence-corrected chi connectivity index (χ4v) is 4.17. The predicted octanol–water partition coefficient (Wildman–Crippen LogP) is 6.78. The lowest BCUT2D eigenvalue weighted by Gasteiger charge is -2.13. The maximum atomic E-state index is 13.1. The highest BCUT2D eigenvalue weighted by Gasteiger charge is 2.14. The Hall–Kier alpha value is -2.95. The molecule has 0 atom stereocenters. The number of anilines is 1. The van der Waals surface area contributed by atoms with E-state index in [1.807, 2.05) is 31.2 Å². The normalized spacial score (nSPS) is 11.0. The van der Waals surface area contributed by atoms with Crippen LogP contribution in [0.4, 0.5) is 10.1 Å². The lowest BCUT2D eigenvalue weighted by atomic mass is 10.1. The van der Waals surface area contributed by atoms with Gasteiger partial charge >= 0.3 is 0 Å². The van der Waals surface area contributed by atoms with Crippen LogP contribution in [0.2, 0.25) is 0 Å². The summed E-state index contributed by atoms with van der Waals surface area (Å²) in [5, 5.41) is 12.3. The van der Waals surface area contributed by atoms with Gasteiger partial charge in [-0.15, -0.1) is 0 Å². The highest BCUT2D eigenvalue weighted by atomic mass is 79.9. The van der Waals surface area contributed by atoms with Gasteiger partial charge in [-0.25, -0.2) is 4.39 Å². The van der Waals surface area contributed by atoms with E-state index >= 15 is 0 Å². The maximum absolute atomic E-state index is 13.1. The van der Waals surface area contributed by atoms with Crippen molar-refractivity contribution in [2.75, 3.05) is 5.32 Å². The van der Waals surface area contributed by atoms with E-state index in [0.29, 0.717) is 21.5 Å². The molecule has 0 aliphatic rings. The average Bonchev–Trinajstić information content (AvgIpc) is 2.72. The van der Waals surface area contributed by atoms with Crippen LogP contribution in [0.5, 0.6) is 5.75 Å².